The highest BCUT2D eigenvalue weighted by molar-refractivity contribution is 7.99. The molecule has 1 aliphatic rings. The molecule has 0 bridgehead atoms. The van der Waals surface area contributed by atoms with Crippen molar-refractivity contribution in [3.63, 3.8) is 0 Å². The maximum atomic E-state index is 5.40. The monoisotopic (exact) mass is 415 g/mol. The van der Waals surface area contributed by atoms with E-state index < -0.39 is 0 Å². The maximum absolute atomic E-state index is 5.40. The van der Waals surface area contributed by atoms with Gasteiger partial charge in [-0.25, -0.2) is 4.98 Å². The molecule has 4 aromatic rings. The van der Waals surface area contributed by atoms with Gasteiger partial charge in [0.2, 0.25) is 0 Å². The number of nitrogens with one attached hydrogen (secondary N) is 2. The number of para-hydroxylation sites is 1. The number of nitrogens with zero attached hydrogens (tertiary/aromatic N) is 1. The summed E-state index contributed by atoms with van der Waals surface area (Å²) in [6.07, 6.45) is 0. The molecule has 0 radical (unpaired) electrons. The smallest absolute Gasteiger partial charge is 0.197 e. The topological polar surface area (TPSA) is 49.9 Å². The molecule has 2 heterocycles. The molecule has 1 aliphatic heterocycles. The summed E-state index contributed by atoms with van der Waals surface area (Å²) in [5, 5.41) is 3.53. The molecule has 0 unspecified atom stereocenters. The Balaban J connectivity index is 1.53. The van der Waals surface area contributed by atoms with Crippen LogP contribution < -0.4 is 10.1 Å². The van der Waals surface area contributed by atoms with E-state index in [0.29, 0.717) is 4.77 Å². The van der Waals surface area contributed by atoms with Gasteiger partial charge in [-0.2, -0.15) is 0 Å². The normalized spacial score (nSPS) is 11.9. The third-order valence-electron chi connectivity index (χ3n) is 4.80. The number of aromatic nitrogens is 2. The van der Waals surface area contributed by atoms with Gasteiger partial charge in [0.15, 0.2) is 4.77 Å². The molecule has 0 spiro atoms. The van der Waals surface area contributed by atoms with E-state index in [1.165, 1.54) is 9.79 Å². The third kappa shape index (κ3) is 3.52. The van der Waals surface area contributed by atoms with Crippen LogP contribution in [0.5, 0.6) is 5.75 Å². The zero-order valence-electron chi connectivity index (χ0n) is 15.6. The van der Waals surface area contributed by atoms with Gasteiger partial charge in [-0.1, -0.05) is 30.0 Å². The zero-order chi connectivity index (χ0) is 19.8. The molecule has 0 saturated carbocycles. The van der Waals surface area contributed by atoms with E-state index in [-0.39, 0.29) is 0 Å². The number of aromatic amines is 1. The van der Waals surface area contributed by atoms with Gasteiger partial charge < -0.3 is 15.0 Å². The van der Waals surface area contributed by atoms with E-state index in [9.17, 15) is 0 Å². The van der Waals surface area contributed by atoms with Crippen LogP contribution in [0.15, 0.2) is 82.6 Å². The minimum absolute atomic E-state index is 0.457. The van der Waals surface area contributed by atoms with Crippen molar-refractivity contribution >= 4 is 35.4 Å². The Kier molecular flexibility index (Phi) is 4.58. The van der Waals surface area contributed by atoms with Gasteiger partial charge in [0.25, 0.3) is 0 Å². The fraction of sp³-hybridized carbons (Fsp3) is 0.0435. The van der Waals surface area contributed by atoms with Gasteiger partial charge in [-0.15, -0.1) is 0 Å². The van der Waals surface area contributed by atoms with Gasteiger partial charge in [0, 0.05) is 21.0 Å². The number of fused-ring (bicyclic) bond motifs is 2. The summed E-state index contributed by atoms with van der Waals surface area (Å²) < 4.78 is 5.70. The predicted molar refractivity (Wildman–Crippen MR) is 121 cm³/mol. The largest absolute Gasteiger partial charge is 0.497 e. The number of hydrogen-bond donors (Lipinski definition) is 2. The van der Waals surface area contributed by atoms with Crippen molar-refractivity contribution in [2.24, 2.45) is 0 Å². The van der Waals surface area contributed by atoms with Crippen molar-refractivity contribution in [2.45, 2.75) is 9.79 Å². The molecule has 5 rings (SSSR count). The van der Waals surface area contributed by atoms with Crippen molar-refractivity contribution in [3.8, 4) is 28.3 Å². The first-order valence-corrected chi connectivity index (χ1v) is 10.4. The summed E-state index contributed by atoms with van der Waals surface area (Å²) in [6.45, 7) is 0. The van der Waals surface area contributed by atoms with Crippen molar-refractivity contribution in [3.05, 3.63) is 77.6 Å². The van der Waals surface area contributed by atoms with Crippen LogP contribution >= 0.6 is 24.0 Å². The van der Waals surface area contributed by atoms with Crippen LogP contribution in [0, 0.1) is 4.77 Å². The molecule has 6 heteroatoms. The average molecular weight is 416 g/mol. The lowest BCUT2D eigenvalue weighted by atomic mass is 10.1. The first kappa shape index (κ1) is 18.0. The summed E-state index contributed by atoms with van der Waals surface area (Å²) in [6, 6.07) is 24.6. The fourth-order valence-electron chi connectivity index (χ4n) is 3.33. The van der Waals surface area contributed by atoms with Crippen LogP contribution in [0.1, 0.15) is 0 Å². The van der Waals surface area contributed by atoms with Crippen molar-refractivity contribution in [1.82, 2.24) is 9.97 Å². The van der Waals surface area contributed by atoms with E-state index in [0.717, 1.165) is 39.6 Å². The molecule has 2 N–H and O–H groups in total. The van der Waals surface area contributed by atoms with Gasteiger partial charge in [0.1, 0.15) is 5.75 Å². The molecule has 0 atom stereocenters. The summed E-state index contributed by atoms with van der Waals surface area (Å²) in [5.41, 5.74) is 6.02. The minimum Gasteiger partial charge on any atom is -0.497 e. The SMILES string of the molecule is COc1ccc(-c2cc(-c3ccc4c(c3)Nc3ccccc3S4)nc(=S)[nH]2)cc1. The van der Waals surface area contributed by atoms with Crippen LogP contribution in [0.4, 0.5) is 11.4 Å². The van der Waals surface area contributed by atoms with E-state index in [2.05, 4.69) is 51.7 Å². The van der Waals surface area contributed by atoms with Crippen molar-refractivity contribution in [1.29, 1.82) is 0 Å². The molecule has 142 valence electrons. The minimum atomic E-state index is 0.457. The summed E-state index contributed by atoms with van der Waals surface area (Å²) in [7, 11) is 1.66. The van der Waals surface area contributed by atoms with Gasteiger partial charge in [0.05, 0.1) is 24.2 Å². The van der Waals surface area contributed by atoms with Crippen LogP contribution in [-0.2, 0) is 0 Å². The lowest BCUT2D eigenvalue weighted by molar-refractivity contribution is 0.415. The summed E-state index contributed by atoms with van der Waals surface area (Å²) >= 11 is 7.17. The second-order valence-electron chi connectivity index (χ2n) is 6.65. The second-order valence-corrected chi connectivity index (χ2v) is 8.12. The van der Waals surface area contributed by atoms with Crippen LogP contribution in [0.2, 0.25) is 0 Å². The van der Waals surface area contributed by atoms with Crippen molar-refractivity contribution < 1.29 is 4.74 Å². The lowest BCUT2D eigenvalue weighted by Crippen LogP contribution is -2.00. The number of methoxy groups -OCH3 is 1. The first-order valence-electron chi connectivity index (χ1n) is 9.14. The lowest BCUT2D eigenvalue weighted by Gasteiger charge is -2.21. The number of ether oxygens (including phenoxy) is 1. The van der Waals surface area contributed by atoms with Crippen LogP contribution in [0.3, 0.4) is 0 Å². The molecule has 4 nitrogen and oxygen atoms in total. The number of hydrogen-bond acceptors (Lipinski definition) is 5. The van der Waals surface area contributed by atoms with Crippen LogP contribution in [0.25, 0.3) is 22.5 Å². The molecule has 1 aromatic heterocycles. The van der Waals surface area contributed by atoms with Gasteiger partial charge >= 0.3 is 0 Å². The van der Waals surface area contributed by atoms with Crippen molar-refractivity contribution in [2.75, 3.05) is 12.4 Å². The number of rotatable bonds is 3. The number of H-pyrrole nitrogens is 1. The molecule has 0 fully saturated rings. The molecular weight excluding hydrogens is 398 g/mol. The summed E-state index contributed by atoms with van der Waals surface area (Å²) in [5.74, 6) is 0.820. The first-order chi connectivity index (χ1) is 14.2. The van der Waals surface area contributed by atoms with Crippen LogP contribution in [-0.4, -0.2) is 17.1 Å². The Morgan fingerprint density at radius 3 is 2.45 bits per heavy atom. The average Bonchev–Trinajstić information content (AvgIpc) is 2.77. The molecule has 3 aromatic carbocycles. The fourth-order valence-corrected chi connectivity index (χ4v) is 4.51. The quantitative estimate of drug-likeness (QED) is 0.322. The maximum Gasteiger partial charge on any atom is 0.197 e. The molecule has 0 aliphatic carbocycles. The molecular formula is C23H17N3OS2. The Labute approximate surface area is 178 Å². The Bertz CT molecular complexity index is 1270. The molecule has 0 amide bonds. The standard InChI is InChI=1S/C23H17N3OS2/c1-27-16-9-6-14(7-10-16)18-13-19(26-23(28)25-18)15-8-11-22-20(12-15)24-17-4-2-3-5-21(17)29-22/h2-13,24H,1H3,(H,25,26,28). The van der Waals surface area contributed by atoms with E-state index >= 15 is 0 Å². The highest BCUT2D eigenvalue weighted by Crippen LogP contribution is 2.45. The summed E-state index contributed by atoms with van der Waals surface area (Å²) in [4.78, 5) is 10.2. The highest BCUT2D eigenvalue weighted by Gasteiger charge is 2.16. The second kappa shape index (κ2) is 7.39. The third-order valence-corrected chi connectivity index (χ3v) is 6.14. The van der Waals surface area contributed by atoms with E-state index in [4.69, 9.17) is 17.0 Å². The Morgan fingerprint density at radius 1 is 0.862 bits per heavy atom. The Hall–Kier alpha value is -3.09. The highest BCUT2D eigenvalue weighted by atomic mass is 32.2. The number of benzene rings is 3. The van der Waals surface area contributed by atoms with Gasteiger partial charge in [-0.05, 0) is 72.4 Å². The zero-order valence-corrected chi connectivity index (χ0v) is 17.2. The predicted octanol–water partition coefficient (Wildman–Crippen LogP) is 6.69. The van der Waals surface area contributed by atoms with E-state index in [1.807, 2.05) is 36.4 Å². The molecule has 29 heavy (non-hydrogen) atoms. The van der Waals surface area contributed by atoms with Gasteiger partial charge in [-0.3, -0.25) is 0 Å². The molecule has 0 saturated heterocycles. The Morgan fingerprint density at radius 2 is 1.62 bits per heavy atom. The van der Waals surface area contributed by atoms with E-state index in [1.54, 1.807) is 18.9 Å². The number of anilines is 2.